The van der Waals surface area contributed by atoms with Gasteiger partial charge in [-0.3, -0.25) is 4.90 Å². The highest BCUT2D eigenvalue weighted by molar-refractivity contribution is 4.75. The summed E-state index contributed by atoms with van der Waals surface area (Å²) < 4.78 is 10.3. The van der Waals surface area contributed by atoms with E-state index in [9.17, 15) is 0 Å². The minimum absolute atomic E-state index is 0.540. The molecular weight excluding hydrogens is 228 g/mol. The first kappa shape index (κ1) is 17.8. The summed E-state index contributed by atoms with van der Waals surface area (Å²) in [4.78, 5) is 2.42. The Morgan fingerprint density at radius 1 is 1.06 bits per heavy atom. The molecule has 0 bridgehead atoms. The first-order chi connectivity index (χ1) is 8.65. The third kappa shape index (κ3) is 8.86. The summed E-state index contributed by atoms with van der Waals surface area (Å²) in [6, 6.07) is 0.540. The van der Waals surface area contributed by atoms with Gasteiger partial charge in [-0.25, -0.2) is 0 Å². The molecule has 1 unspecified atom stereocenters. The third-order valence-corrected chi connectivity index (χ3v) is 3.14. The summed E-state index contributed by atoms with van der Waals surface area (Å²) in [6.45, 7) is 12.4. The van der Waals surface area contributed by atoms with Gasteiger partial charge >= 0.3 is 0 Å². The van der Waals surface area contributed by atoms with Gasteiger partial charge in [-0.15, -0.1) is 0 Å². The zero-order chi connectivity index (χ0) is 13.8. The van der Waals surface area contributed by atoms with Crippen LogP contribution in [-0.2, 0) is 9.47 Å². The van der Waals surface area contributed by atoms with Gasteiger partial charge in [-0.2, -0.15) is 0 Å². The Bertz CT molecular complexity index is 169. The molecule has 0 aliphatic carbocycles. The molecule has 18 heavy (non-hydrogen) atoms. The smallest absolute Gasteiger partial charge is 0.0589 e. The van der Waals surface area contributed by atoms with E-state index in [0.717, 1.165) is 39.4 Å². The second-order valence-electron chi connectivity index (χ2n) is 5.09. The van der Waals surface area contributed by atoms with Crippen molar-refractivity contribution in [1.29, 1.82) is 0 Å². The predicted molar refractivity (Wildman–Crippen MR) is 77.1 cm³/mol. The van der Waals surface area contributed by atoms with Crippen molar-refractivity contribution in [2.75, 3.05) is 53.6 Å². The van der Waals surface area contributed by atoms with Crippen LogP contribution in [0.25, 0.3) is 0 Å². The van der Waals surface area contributed by atoms with Gasteiger partial charge in [-0.1, -0.05) is 20.8 Å². The van der Waals surface area contributed by atoms with Crippen molar-refractivity contribution < 1.29 is 9.47 Å². The number of ether oxygens (including phenoxy) is 2. The van der Waals surface area contributed by atoms with Gasteiger partial charge in [0.25, 0.3) is 0 Å². The molecule has 0 heterocycles. The van der Waals surface area contributed by atoms with Crippen molar-refractivity contribution in [3.8, 4) is 0 Å². The summed E-state index contributed by atoms with van der Waals surface area (Å²) in [5.74, 6) is 0.643. The molecule has 0 aromatic carbocycles. The number of nitrogens with one attached hydrogen (secondary N) is 1. The zero-order valence-electron chi connectivity index (χ0n) is 12.9. The van der Waals surface area contributed by atoms with Gasteiger partial charge in [0.1, 0.15) is 0 Å². The molecule has 0 radical (unpaired) electrons. The van der Waals surface area contributed by atoms with Crippen molar-refractivity contribution in [2.24, 2.45) is 5.92 Å². The lowest BCUT2D eigenvalue weighted by Crippen LogP contribution is -2.46. The van der Waals surface area contributed by atoms with Crippen LogP contribution in [0, 0.1) is 5.92 Å². The summed E-state index contributed by atoms with van der Waals surface area (Å²) in [6.07, 6.45) is 1.18. The van der Waals surface area contributed by atoms with E-state index < -0.39 is 0 Å². The first-order valence-corrected chi connectivity index (χ1v) is 7.09. The molecular formula is C14H32N2O2. The molecule has 0 fully saturated rings. The van der Waals surface area contributed by atoms with Gasteiger partial charge in [0.05, 0.1) is 13.2 Å². The summed E-state index contributed by atoms with van der Waals surface area (Å²) in [5, 5.41) is 3.63. The zero-order valence-corrected chi connectivity index (χ0v) is 12.9. The van der Waals surface area contributed by atoms with Crippen LogP contribution in [0.15, 0.2) is 0 Å². The Kier molecular flexibility index (Phi) is 11.8. The molecule has 0 saturated heterocycles. The minimum Gasteiger partial charge on any atom is -0.383 e. The molecule has 0 rings (SSSR count). The molecule has 1 atom stereocenters. The van der Waals surface area contributed by atoms with Gasteiger partial charge < -0.3 is 14.8 Å². The highest BCUT2D eigenvalue weighted by Gasteiger charge is 2.16. The molecule has 0 saturated carbocycles. The van der Waals surface area contributed by atoms with Gasteiger partial charge in [-0.05, 0) is 18.9 Å². The lowest BCUT2D eigenvalue weighted by Gasteiger charge is -2.30. The van der Waals surface area contributed by atoms with Gasteiger partial charge in [0.2, 0.25) is 0 Å². The molecule has 0 aliphatic heterocycles. The van der Waals surface area contributed by atoms with E-state index in [1.54, 1.807) is 14.2 Å². The van der Waals surface area contributed by atoms with Crippen LogP contribution >= 0.6 is 0 Å². The molecule has 0 aliphatic rings. The number of rotatable bonds is 12. The van der Waals surface area contributed by atoms with Crippen molar-refractivity contribution in [3.63, 3.8) is 0 Å². The van der Waals surface area contributed by atoms with Crippen LogP contribution in [-0.4, -0.2) is 64.6 Å². The third-order valence-electron chi connectivity index (χ3n) is 3.14. The van der Waals surface area contributed by atoms with Crippen molar-refractivity contribution in [2.45, 2.75) is 33.2 Å². The Morgan fingerprint density at radius 3 is 2.00 bits per heavy atom. The molecule has 4 nitrogen and oxygen atoms in total. The summed E-state index contributed by atoms with van der Waals surface area (Å²) in [5.41, 5.74) is 0. The molecule has 110 valence electrons. The average molecular weight is 260 g/mol. The van der Waals surface area contributed by atoms with Crippen LogP contribution in [0.5, 0.6) is 0 Å². The van der Waals surface area contributed by atoms with Gasteiger partial charge in [0, 0.05) is 39.9 Å². The van der Waals surface area contributed by atoms with E-state index in [1.165, 1.54) is 6.42 Å². The Hall–Kier alpha value is -0.160. The Balaban J connectivity index is 4.18. The van der Waals surface area contributed by atoms with E-state index in [1.807, 2.05) is 0 Å². The molecule has 0 amide bonds. The fourth-order valence-electron chi connectivity index (χ4n) is 1.85. The SMILES string of the molecule is CCCNC(CN(CCOC)CCOC)C(C)C. The largest absolute Gasteiger partial charge is 0.383 e. The summed E-state index contributed by atoms with van der Waals surface area (Å²) in [7, 11) is 3.51. The quantitative estimate of drug-likeness (QED) is 0.578. The standard InChI is InChI=1S/C14H32N2O2/c1-6-7-15-14(13(2)3)12-16(8-10-17-4)9-11-18-5/h13-15H,6-12H2,1-5H3. The molecule has 4 heteroatoms. The normalized spacial score (nSPS) is 13.5. The van der Waals surface area contributed by atoms with Crippen LogP contribution < -0.4 is 5.32 Å². The topological polar surface area (TPSA) is 33.7 Å². The van der Waals surface area contributed by atoms with E-state index in [2.05, 4.69) is 31.0 Å². The lowest BCUT2D eigenvalue weighted by atomic mass is 10.0. The van der Waals surface area contributed by atoms with Crippen molar-refractivity contribution in [3.05, 3.63) is 0 Å². The fourth-order valence-corrected chi connectivity index (χ4v) is 1.85. The van der Waals surface area contributed by atoms with Crippen LogP contribution in [0.2, 0.25) is 0 Å². The van der Waals surface area contributed by atoms with E-state index in [4.69, 9.17) is 9.47 Å². The first-order valence-electron chi connectivity index (χ1n) is 7.09. The highest BCUT2D eigenvalue weighted by Crippen LogP contribution is 2.05. The minimum atomic E-state index is 0.540. The number of hydrogen-bond donors (Lipinski definition) is 1. The van der Waals surface area contributed by atoms with E-state index in [-0.39, 0.29) is 0 Å². The van der Waals surface area contributed by atoms with Crippen LogP contribution in [0.4, 0.5) is 0 Å². The Morgan fingerprint density at radius 2 is 1.61 bits per heavy atom. The Labute approximate surface area is 113 Å². The van der Waals surface area contributed by atoms with E-state index >= 15 is 0 Å². The predicted octanol–water partition coefficient (Wildman–Crippen LogP) is 1.61. The van der Waals surface area contributed by atoms with Crippen LogP contribution in [0.1, 0.15) is 27.2 Å². The maximum absolute atomic E-state index is 5.17. The highest BCUT2D eigenvalue weighted by atomic mass is 16.5. The fraction of sp³-hybridized carbons (Fsp3) is 1.00. The molecule has 0 aromatic rings. The number of methoxy groups -OCH3 is 2. The number of nitrogens with zero attached hydrogens (tertiary/aromatic N) is 1. The second kappa shape index (κ2) is 11.9. The van der Waals surface area contributed by atoms with Crippen molar-refractivity contribution in [1.82, 2.24) is 10.2 Å². The average Bonchev–Trinajstić information content (AvgIpc) is 2.36. The van der Waals surface area contributed by atoms with E-state index in [0.29, 0.717) is 12.0 Å². The molecule has 0 aromatic heterocycles. The maximum Gasteiger partial charge on any atom is 0.0589 e. The second-order valence-corrected chi connectivity index (χ2v) is 5.09. The monoisotopic (exact) mass is 260 g/mol. The summed E-state index contributed by atoms with van der Waals surface area (Å²) >= 11 is 0. The number of hydrogen-bond acceptors (Lipinski definition) is 4. The van der Waals surface area contributed by atoms with Crippen LogP contribution in [0.3, 0.4) is 0 Å². The molecule has 1 N–H and O–H groups in total. The molecule has 0 spiro atoms. The van der Waals surface area contributed by atoms with Crippen molar-refractivity contribution >= 4 is 0 Å². The maximum atomic E-state index is 5.17. The van der Waals surface area contributed by atoms with Gasteiger partial charge in [0.15, 0.2) is 0 Å². The lowest BCUT2D eigenvalue weighted by molar-refractivity contribution is 0.103.